The molecule has 116 valence electrons. The first-order chi connectivity index (χ1) is 11.7. The lowest BCUT2D eigenvalue weighted by Crippen LogP contribution is -1.92. The number of nitrogens with zero attached hydrogens (tertiary/aromatic N) is 1. The van der Waals surface area contributed by atoms with E-state index < -0.39 is 0 Å². The van der Waals surface area contributed by atoms with E-state index in [1.165, 1.54) is 6.07 Å². The number of rotatable bonds is 2. The van der Waals surface area contributed by atoms with Crippen LogP contribution in [0, 0.1) is 5.82 Å². The number of hydrogen-bond donors (Lipinski definition) is 1. The second-order valence-corrected chi connectivity index (χ2v) is 5.57. The predicted octanol–water partition coefficient (Wildman–Crippen LogP) is 5.41. The summed E-state index contributed by atoms with van der Waals surface area (Å²) >= 11 is 0. The van der Waals surface area contributed by atoms with Gasteiger partial charge in [-0.1, -0.05) is 54.6 Å². The Labute approximate surface area is 138 Å². The van der Waals surface area contributed by atoms with Gasteiger partial charge in [0.05, 0.1) is 5.69 Å². The van der Waals surface area contributed by atoms with Crippen molar-refractivity contribution in [2.45, 2.75) is 0 Å². The van der Waals surface area contributed by atoms with Crippen LogP contribution in [-0.2, 0) is 0 Å². The van der Waals surface area contributed by atoms with E-state index >= 15 is 0 Å². The van der Waals surface area contributed by atoms with Gasteiger partial charge in [-0.15, -0.1) is 0 Å². The maximum Gasteiger partial charge on any atom is 0.141 e. The van der Waals surface area contributed by atoms with Crippen LogP contribution in [0.25, 0.3) is 33.3 Å². The normalized spacial score (nSPS) is 10.9. The van der Waals surface area contributed by atoms with Gasteiger partial charge in [0, 0.05) is 10.9 Å². The molecule has 24 heavy (non-hydrogen) atoms. The Hall–Kier alpha value is -3.20. The Bertz CT molecular complexity index is 1030. The van der Waals surface area contributed by atoms with E-state index in [0.717, 1.165) is 16.5 Å². The van der Waals surface area contributed by atoms with Gasteiger partial charge in [-0.2, -0.15) is 0 Å². The third-order valence-corrected chi connectivity index (χ3v) is 4.05. The first kappa shape index (κ1) is 14.4. The minimum Gasteiger partial charge on any atom is -0.506 e. The van der Waals surface area contributed by atoms with Gasteiger partial charge in [-0.05, 0) is 35.4 Å². The van der Waals surface area contributed by atoms with Crippen molar-refractivity contribution in [3.8, 4) is 28.1 Å². The zero-order valence-electron chi connectivity index (χ0n) is 12.8. The molecule has 1 aromatic heterocycles. The molecule has 1 N–H and O–H groups in total. The minimum atomic E-state index is -0.334. The molecule has 0 aliphatic heterocycles. The molecule has 0 unspecified atom stereocenters. The van der Waals surface area contributed by atoms with Crippen molar-refractivity contribution in [1.82, 2.24) is 4.98 Å². The van der Waals surface area contributed by atoms with E-state index in [1.54, 1.807) is 30.3 Å². The predicted molar refractivity (Wildman–Crippen MR) is 94.2 cm³/mol. The van der Waals surface area contributed by atoms with Gasteiger partial charge in [0.2, 0.25) is 0 Å². The molecular weight excluding hydrogens is 301 g/mol. The van der Waals surface area contributed by atoms with E-state index in [2.05, 4.69) is 4.98 Å². The zero-order chi connectivity index (χ0) is 16.5. The summed E-state index contributed by atoms with van der Waals surface area (Å²) in [5.41, 5.74) is 3.29. The standard InChI is InChI=1S/C21H14FNO/c22-18-11-5-4-9-16(18)19-13-17(14-7-2-1-3-8-14)15-10-6-12-20(24)21(15)23-19/h1-13,24H. The zero-order valence-corrected chi connectivity index (χ0v) is 12.8. The SMILES string of the molecule is Oc1cccc2c(-c3ccccc3)cc(-c3ccccc3F)nc12. The van der Waals surface area contributed by atoms with Crippen LogP contribution in [0.15, 0.2) is 78.9 Å². The average molecular weight is 315 g/mol. The van der Waals surface area contributed by atoms with Crippen LogP contribution in [0.4, 0.5) is 4.39 Å². The number of fused-ring (bicyclic) bond motifs is 1. The number of para-hydroxylation sites is 1. The first-order valence-electron chi connectivity index (χ1n) is 7.67. The highest BCUT2D eigenvalue weighted by Gasteiger charge is 2.13. The third-order valence-electron chi connectivity index (χ3n) is 4.05. The Morgan fingerprint density at radius 1 is 0.750 bits per heavy atom. The molecule has 4 rings (SSSR count). The number of benzene rings is 3. The maximum absolute atomic E-state index is 14.2. The second-order valence-electron chi connectivity index (χ2n) is 5.57. The number of pyridine rings is 1. The van der Waals surface area contributed by atoms with Crippen LogP contribution in [0.1, 0.15) is 0 Å². The van der Waals surface area contributed by atoms with Gasteiger partial charge in [0.25, 0.3) is 0 Å². The summed E-state index contributed by atoms with van der Waals surface area (Å²) in [6.45, 7) is 0. The Balaban J connectivity index is 2.08. The summed E-state index contributed by atoms with van der Waals surface area (Å²) in [5.74, 6) is -0.248. The fourth-order valence-corrected chi connectivity index (χ4v) is 2.90. The summed E-state index contributed by atoms with van der Waals surface area (Å²) in [6.07, 6.45) is 0. The third kappa shape index (κ3) is 2.40. The van der Waals surface area contributed by atoms with Crippen molar-refractivity contribution in [3.05, 3.63) is 84.7 Å². The molecule has 0 saturated heterocycles. The van der Waals surface area contributed by atoms with Crippen LogP contribution in [0.5, 0.6) is 5.75 Å². The number of halogens is 1. The molecule has 0 atom stereocenters. The fraction of sp³-hybridized carbons (Fsp3) is 0. The lowest BCUT2D eigenvalue weighted by Gasteiger charge is -2.11. The molecule has 3 heteroatoms. The number of hydrogen-bond acceptors (Lipinski definition) is 2. The van der Waals surface area contributed by atoms with Gasteiger partial charge < -0.3 is 5.11 Å². The monoisotopic (exact) mass is 315 g/mol. The van der Waals surface area contributed by atoms with Gasteiger partial charge >= 0.3 is 0 Å². The summed E-state index contributed by atoms with van der Waals surface area (Å²) < 4.78 is 14.2. The first-order valence-corrected chi connectivity index (χ1v) is 7.67. The number of aromatic hydroxyl groups is 1. The average Bonchev–Trinajstić information content (AvgIpc) is 2.63. The van der Waals surface area contributed by atoms with E-state index in [-0.39, 0.29) is 11.6 Å². The lowest BCUT2D eigenvalue weighted by atomic mass is 9.98. The molecule has 2 nitrogen and oxygen atoms in total. The van der Waals surface area contributed by atoms with Crippen LogP contribution in [-0.4, -0.2) is 10.1 Å². The van der Waals surface area contributed by atoms with Crippen LogP contribution < -0.4 is 0 Å². The smallest absolute Gasteiger partial charge is 0.141 e. The molecule has 0 spiro atoms. The van der Waals surface area contributed by atoms with Gasteiger partial charge in [-0.25, -0.2) is 9.37 Å². The van der Waals surface area contributed by atoms with Gasteiger partial charge in [0.1, 0.15) is 17.1 Å². The summed E-state index contributed by atoms with van der Waals surface area (Å²) in [6, 6.07) is 23.5. The van der Waals surface area contributed by atoms with E-state index in [0.29, 0.717) is 16.8 Å². The molecule has 0 fully saturated rings. The fourth-order valence-electron chi connectivity index (χ4n) is 2.90. The van der Waals surface area contributed by atoms with Crippen molar-refractivity contribution in [2.75, 3.05) is 0 Å². The molecular formula is C21H14FNO. The van der Waals surface area contributed by atoms with Crippen molar-refractivity contribution in [3.63, 3.8) is 0 Å². The molecule has 4 aromatic rings. The molecule has 3 aromatic carbocycles. The second kappa shape index (κ2) is 5.78. The Morgan fingerprint density at radius 3 is 2.29 bits per heavy atom. The van der Waals surface area contributed by atoms with E-state index in [1.807, 2.05) is 42.5 Å². The van der Waals surface area contributed by atoms with Crippen molar-refractivity contribution in [1.29, 1.82) is 0 Å². The van der Waals surface area contributed by atoms with Crippen molar-refractivity contribution < 1.29 is 9.50 Å². The summed E-state index contributed by atoms with van der Waals surface area (Å²) in [4.78, 5) is 4.50. The van der Waals surface area contributed by atoms with E-state index in [9.17, 15) is 9.50 Å². The summed E-state index contributed by atoms with van der Waals surface area (Å²) in [7, 11) is 0. The molecule has 1 heterocycles. The Kier molecular flexibility index (Phi) is 3.47. The summed E-state index contributed by atoms with van der Waals surface area (Å²) in [5, 5.41) is 11.1. The van der Waals surface area contributed by atoms with Gasteiger partial charge in [0.15, 0.2) is 0 Å². The molecule has 0 amide bonds. The van der Waals surface area contributed by atoms with Crippen LogP contribution >= 0.6 is 0 Å². The van der Waals surface area contributed by atoms with Crippen LogP contribution in [0.2, 0.25) is 0 Å². The minimum absolute atomic E-state index is 0.0860. The van der Waals surface area contributed by atoms with E-state index in [4.69, 9.17) is 0 Å². The molecule has 0 bridgehead atoms. The highest BCUT2D eigenvalue weighted by molar-refractivity contribution is 5.99. The van der Waals surface area contributed by atoms with Crippen molar-refractivity contribution in [2.24, 2.45) is 0 Å². The molecule has 0 radical (unpaired) electrons. The lowest BCUT2D eigenvalue weighted by molar-refractivity contribution is 0.480. The highest BCUT2D eigenvalue weighted by Crippen LogP contribution is 2.35. The molecule has 0 aliphatic rings. The van der Waals surface area contributed by atoms with Crippen LogP contribution in [0.3, 0.4) is 0 Å². The quantitative estimate of drug-likeness (QED) is 0.536. The van der Waals surface area contributed by atoms with Crippen molar-refractivity contribution >= 4 is 10.9 Å². The van der Waals surface area contributed by atoms with Gasteiger partial charge in [-0.3, -0.25) is 0 Å². The number of phenolic OH excluding ortho intramolecular Hbond substituents is 1. The largest absolute Gasteiger partial charge is 0.506 e. The Morgan fingerprint density at radius 2 is 1.50 bits per heavy atom. The molecule has 0 saturated carbocycles. The molecule has 0 aliphatic carbocycles. The highest BCUT2D eigenvalue weighted by atomic mass is 19.1. The maximum atomic E-state index is 14.2. The topological polar surface area (TPSA) is 33.1 Å². The number of aromatic nitrogens is 1. The number of phenols is 1.